The molecule has 2 saturated heterocycles. The fourth-order valence-corrected chi connectivity index (χ4v) is 3.93. The van der Waals surface area contributed by atoms with Crippen molar-refractivity contribution in [2.45, 2.75) is 88.7 Å². The Morgan fingerprint density at radius 3 is 2.32 bits per heavy atom. The van der Waals surface area contributed by atoms with Crippen LogP contribution >= 0.6 is 0 Å². The summed E-state index contributed by atoms with van der Waals surface area (Å²) in [6.07, 6.45) is -0.652. The second-order valence-corrected chi connectivity index (χ2v) is 13.8. The Hall–Kier alpha value is -0.283. The van der Waals surface area contributed by atoms with Gasteiger partial charge in [-0.1, -0.05) is 26.8 Å². The van der Waals surface area contributed by atoms with E-state index in [0.29, 0.717) is 0 Å². The fourth-order valence-electron chi connectivity index (χ4n) is 2.91. The van der Waals surface area contributed by atoms with Crippen LogP contribution in [-0.4, -0.2) is 63.1 Å². The topological polar surface area (TPSA) is 66.4 Å². The molecule has 0 bridgehead atoms. The molecular weight excluding hydrogens is 340 g/mol. The summed E-state index contributed by atoms with van der Waals surface area (Å²) in [6.45, 7) is 18.3. The Balaban J connectivity index is 2.15. The van der Waals surface area contributed by atoms with Gasteiger partial charge in [-0.2, -0.15) is 0 Å². The van der Waals surface area contributed by atoms with Crippen LogP contribution in [-0.2, 0) is 23.4 Å². The molecule has 1 N–H and O–H groups in total. The van der Waals surface area contributed by atoms with E-state index in [1.165, 1.54) is 6.08 Å². The van der Waals surface area contributed by atoms with Crippen LogP contribution in [0.25, 0.3) is 0 Å². The average molecular weight is 375 g/mol. The van der Waals surface area contributed by atoms with Gasteiger partial charge in [-0.05, 0) is 32.0 Å². The Morgan fingerprint density at radius 1 is 1.24 bits per heavy atom. The van der Waals surface area contributed by atoms with Crippen molar-refractivity contribution in [1.82, 2.24) is 0 Å². The molecule has 25 heavy (non-hydrogen) atoms. The molecule has 0 aromatic heterocycles. The third kappa shape index (κ3) is 4.02. The first-order valence-corrected chi connectivity index (χ1v) is 11.7. The van der Waals surface area contributed by atoms with Gasteiger partial charge in [-0.15, -0.1) is 6.58 Å². The molecule has 0 spiro atoms. The van der Waals surface area contributed by atoms with Crippen molar-refractivity contribution in [2.24, 2.45) is 0 Å². The standard InChI is InChI=1S/C18H34O6Si/c1-10-18(19,11-21-25(8,9)16(2,3)4)14-12(20-7)13-15(22-14)24-17(5,6)23-13/h10,12-15,19H,1,11H2,2-9H3/t12-,13?,14-,15+,18?/m0/s1. The van der Waals surface area contributed by atoms with Crippen LogP contribution < -0.4 is 0 Å². The minimum atomic E-state index is -2.03. The van der Waals surface area contributed by atoms with Crippen LogP contribution in [0.15, 0.2) is 12.7 Å². The highest BCUT2D eigenvalue weighted by atomic mass is 28.4. The molecule has 0 saturated carbocycles. The molecule has 146 valence electrons. The lowest BCUT2D eigenvalue weighted by Crippen LogP contribution is -2.55. The van der Waals surface area contributed by atoms with Crippen molar-refractivity contribution in [3.05, 3.63) is 12.7 Å². The van der Waals surface area contributed by atoms with Gasteiger partial charge in [-0.25, -0.2) is 0 Å². The quantitative estimate of drug-likeness (QED) is 0.570. The summed E-state index contributed by atoms with van der Waals surface area (Å²) < 4.78 is 29.5. The molecule has 0 aliphatic carbocycles. The first-order chi connectivity index (χ1) is 11.3. The molecule has 0 radical (unpaired) electrons. The maximum atomic E-state index is 11.2. The van der Waals surface area contributed by atoms with Gasteiger partial charge in [0.25, 0.3) is 0 Å². The molecule has 0 aromatic carbocycles. The second kappa shape index (κ2) is 6.71. The molecule has 2 aliphatic rings. The zero-order chi connectivity index (χ0) is 19.3. The zero-order valence-corrected chi connectivity index (χ0v) is 17.8. The normalized spacial score (nSPS) is 34.6. The van der Waals surface area contributed by atoms with Crippen LogP contribution in [0.2, 0.25) is 18.1 Å². The fraction of sp³-hybridized carbons (Fsp3) is 0.889. The summed E-state index contributed by atoms with van der Waals surface area (Å²) in [4.78, 5) is 0. The summed E-state index contributed by atoms with van der Waals surface area (Å²) in [5, 5.41) is 11.2. The summed E-state index contributed by atoms with van der Waals surface area (Å²) in [6, 6.07) is 0. The minimum Gasteiger partial charge on any atom is -0.413 e. The predicted molar refractivity (Wildman–Crippen MR) is 97.8 cm³/mol. The first kappa shape index (κ1) is 21.0. The third-order valence-corrected chi connectivity index (χ3v) is 10.1. The van der Waals surface area contributed by atoms with Gasteiger partial charge in [0.1, 0.15) is 23.9 Å². The van der Waals surface area contributed by atoms with Crippen LogP contribution in [0.1, 0.15) is 34.6 Å². The first-order valence-electron chi connectivity index (χ1n) is 8.80. The SMILES string of the molecule is C=CC(O)(CO[Si](C)(C)C(C)(C)C)[C@H]1O[C@@H]2OC(C)(C)OC2[C@@H]1OC. The van der Waals surface area contributed by atoms with E-state index in [2.05, 4.69) is 40.4 Å². The van der Waals surface area contributed by atoms with Gasteiger partial charge in [0.05, 0.1) is 6.61 Å². The number of methoxy groups -OCH3 is 1. The molecule has 2 heterocycles. The van der Waals surface area contributed by atoms with Crippen LogP contribution in [0.4, 0.5) is 0 Å². The molecule has 2 rings (SSSR count). The highest BCUT2D eigenvalue weighted by Crippen LogP contribution is 2.43. The number of hydrogen-bond acceptors (Lipinski definition) is 6. The monoisotopic (exact) mass is 374 g/mol. The second-order valence-electron chi connectivity index (χ2n) is 8.97. The van der Waals surface area contributed by atoms with Crippen molar-refractivity contribution in [1.29, 1.82) is 0 Å². The van der Waals surface area contributed by atoms with E-state index in [9.17, 15) is 5.11 Å². The van der Waals surface area contributed by atoms with Gasteiger partial charge >= 0.3 is 0 Å². The molecule has 2 aliphatic heterocycles. The lowest BCUT2D eigenvalue weighted by atomic mass is 9.92. The van der Waals surface area contributed by atoms with E-state index in [1.54, 1.807) is 7.11 Å². The van der Waals surface area contributed by atoms with Crippen LogP contribution in [0.5, 0.6) is 0 Å². The number of aliphatic hydroxyl groups is 1. The summed E-state index contributed by atoms with van der Waals surface area (Å²) in [5.74, 6) is -0.735. The number of hydrogen-bond donors (Lipinski definition) is 1. The minimum absolute atomic E-state index is 0.0407. The van der Waals surface area contributed by atoms with Crippen molar-refractivity contribution < 1.29 is 28.5 Å². The van der Waals surface area contributed by atoms with Crippen LogP contribution in [0.3, 0.4) is 0 Å². The summed E-state index contributed by atoms with van der Waals surface area (Å²) >= 11 is 0. The van der Waals surface area contributed by atoms with E-state index in [-0.39, 0.29) is 11.6 Å². The predicted octanol–water partition coefficient (Wildman–Crippen LogP) is 2.82. The average Bonchev–Trinajstić information content (AvgIpc) is 2.95. The molecule has 5 atom stereocenters. The Bertz CT molecular complexity index is 500. The molecule has 7 heteroatoms. The number of rotatable bonds is 6. The Kier molecular flexibility index (Phi) is 5.64. The number of fused-ring (bicyclic) bond motifs is 1. The van der Waals surface area contributed by atoms with E-state index in [1.807, 2.05) is 13.8 Å². The summed E-state index contributed by atoms with van der Waals surface area (Å²) in [7, 11) is -0.452. The van der Waals surface area contributed by atoms with Crippen molar-refractivity contribution in [3.8, 4) is 0 Å². The van der Waals surface area contributed by atoms with Gasteiger partial charge in [0.2, 0.25) is 0 Å². The lowest BCUT2D eigenvalue weighted by Gasteiger charge is -2.41. The molecule has 2 fully saturated rings. The largest absolute Gasteiger partial charge is 0.413 e. The van der Waals surface area contributed by atoms with Gasteiger partial charge in [0, 0.05) is 7.11 Å². The summed E-state index contributed by atoms with van der Waals surface area (Å²) in [5.41, 5.74) is -1.39. The van der Waals surface area contributed by atoms with E-state index in [0.717, 1.165) is 0 Å². The molecular formula is C18H34O6Si. The van der Waals surface area contributed by atoms with Crippen LogP contribution in [0, 0.1) is 0 Å². The maximum Gasteiger partial charge on any atom is 0.192 e. The van der Waals surface area contributed by atoms with Gasteiger partial charge in [-0.3, -0.25) is 0 Å². The molecule has 2 unspecified atom stereocenters. The van der Waals surface area contributed by atoms with Crippen molar-refractivity contribution in [2.75, 3.05) is 13.7 Å². The van der Waals surface area contributed by atoms with E-state index < -0.39 is 44.3 Å². The van der Waals surface area contributed by atoms with Gasteiger partial charge < -0.3 is 28.5 Å². The number of ether oxygens (including phenoxy) is 4. The Morgan fingerprint density at radius 2 is 1.84 bits per heavy atom. The van der Waals surface area contributed by atoms with E-state index in [4.69, 9.17) is 23.4 Å². The highest BCUT2D eigenvalue weighted by molar-refractivity contribution is 6.74. The van der Waals surface area contributed by atoms with Crippen molar-refractivity contribution >= 4 is 8.32 Å². The Labute approximate surface area is 152 Å². The molecule has 6 nitrogen and oxygen atoms in total. The highest BCUT2D eigenvalue weighted by Gasteiger charge is 2.60. The van der Waals surface area contributed by atoms with Crippen molar-refractivity contribution in [3.63, 3.8) is 0 Å². The molecule has 0 aromatic rings. The van der Waals surface area contributed by atoms with E-state index >= 15 is 0 Å². The molecule has 0 amide bonds. The zero-order valence-electron chi connectivity index (χ0n) is 16.8. The smallest absolute Gasteiger partial charge is 0.192 e. The van der Waals surface area contributed by atoms with Gasteiger partial charge in [0.15, 0.2) is 20.4 Å². The lowest BCUT2D eigenvalue weighted by molar-refractivity contribution is -0.238. The maximum absolute atomic E-state index is 11.2. The third-order valence-electron chi connectivity index (χ3n) is 5.58.